The van der Waals surface area contributed by atoms with Gasteiger partial charge in [0.1, 0.15) is 11.2 Å². The fourth-order valence-electron chi connectivity index (χ4n) is 1.31. The molecular formula is C10H14N4O5S. The second kappa shape index (κ2) is 5.06. The van der Waals surface area contributed by atoms with Crippen LogP contribution in [-0.4, -0.2) is 24.8 Å². The van der Waals surface area contributed by atoms with Crippen molar-refractivity contribution in [2.75, 3.05) is 5.73 Å². The Morgan fingerprint density at radius 3 is 2.35 bits per heavy atom. The maximum absolute atomic E-state index is 12.0. The van der Waals surface area contributed by atoms with E-state index in [0.717, 1.165) is 18.2 Å². The van der Waals surface area contributed by atoms with Gasteiger partial charge in [-0.2, -0.15) is 4.72 Å². The number of sulfonamides is 1. The van der Waals surface area contributed by atoms with Crippen molar-refractivity contribution in [3.63, 3.8) is 0 Å². The first-order valence-electron chi connectivity index (χ1n) is 5.35. The largest absolute Gasteiger partial charge is 0.393 e. The van der Waals surface area contributed by atoms with Crippen LogP contribution in [0.2, 0.25) is 0 Å². The van der Waals surface area contributed by atoms with Crippen LogP contribution in [0, 0.1) is 10.1 Å². The summed E-state index contributed by atoms with van der Waals surface area (Å²) in [6, 6.07) is 2.94. The Kier molecular flexibility index (Phi) is 4.01. The lowest BCUT2D eigenvalue weighted by Crippen LogP contribution is -2.52. The van der Waals surface area contributed by atoms with Gasteiger partial charge in [-0.05, 0) is 26.0 Å². The smallest absolute Gasteiger partial charge is 0.292 e. The summed E-state index contributed by atoms with van der Waals surface area (Å²) in [4.78, 5) is 20.7. The Balaban J connectivity index is 3.21. The number of nitrogens with one attached hydrogen (secondary N) is 1. The van der Waals surface area contributed by atoms with Crippen molar-refractivity contribution in [2.45, 2.75) is 24.3 Å². The molecule has 0 aromatic heterocycles. The summed E-state index contributed by atoms with van der Waals surface area (Å²) < 4.78 is 26.2. The molecule has 10 heteroatoms. The summed E-state index contributed by atoms with van der Waals surface area (Å²) >= 11 is 0. The van der Waals surface area contributed by atoms with Crippen LogP contribution in [0.4, 0.5) is 11.4 Å². The summed E-state index contributed by atoms with van der Waals surface area (Å²) in [6.45, 7) is 2.59. The maximum Gasteiger partial charge on any atom is 0.292 e. The fourth-order valence-corrected chi connectivity index (χ4v) is 2.73. The van der Waals surface area contributed by atoms with Crippen molar-refractivity contribution in [3.8, 4) is 0 Å². The number of rotatable bonds is 5. The number of nitro benzene ring substituents is 1. The Morgan fingerprint density at radius 1 is 1.40 bits per heavy atom. The molecule has 20 heavy (non-hydrogen) atoms. The molecule has 1 aromatic carbocycles. The fraction of sp³-hybridized carbons (Fsp3) is 0.300. The molecule has 0 fully saturated rings. The van der Waals surface area contributed by atoms with Crippen LogP contribution in [0.15, 0.2) is 23.1 Å². The van der Waals surface area contributed by atoms with E-state index in [1.807, 2.05) is 0 Å². The van der Waals surface area contributed by atoms with Crippen LogP contribution in [0.3, 0.4) is 0 Å². The SMILES string of the molecule is CC(C)(NS(=O)(=O)c1ccc([N+](=O)[O-])c(N)c1)C(N)=O. The average Bonchev–Trinajstić information content (AvgIpc) is 2.26. The zero-order valence-corrected chi connectivity index (χ0v) is 11.6. The van der Waals surface area contributed by atoms with Crippen molar-refractivity contribution < 1.29 is 18.1 Å². The first-order chi connectivity index (χ1) is 8.97. The van der Waals surface area contributed by atoms with Gasteiger partial charge in [-0.25, -0.2) is 8.42 Å². The van der Waals surface area contributed by atoms with E-state index >= 15 is 0 Å². The summed E-state index contributed by atoms with van der Waals surface area (Å²) in [7, 11) is -4.08. The number of hydrogen-bond donors (Lipinski definition) is 3. The molecule has 0 bridgehead atoms. The number of nitro groups is 1. The van der Waals surface area contributed by atoms with Crippen LogP contribution < -0.4 is 16.2 Å². The molecule has 5 N–H and O–H groups in total. The van der Waals surface area contributed by atoms with E-state index in [1.165, 1.54) is 13.8 Å². The predicted molar refractivity (Wildman–Crippen MR) is 71.1 cm³/mol. The molecule has 0 spiro atoms. The molecule has 0 atom stereocenters. The zero-order valence-electron chi connectivity index (χ0n) is 10.8. The van der Waals surface area contributed by atoms with Crippen molar-refractivity contribution in [1.82, 2.24) is 4.72 Å². The molecule has 0 saturated heterocycles. The summed E-state index contributed by atoms with van der Waals surface area (Å²) in [5.41, 5.74) is 8.28. The lowest BCUT2D eigenvalue weighted by Gasteiger charge is -2.22. The topological polar surface area (TPSA) is 158 Å². The third-order valence-electron chi connectivity index (χ3n) is 2.51. The summed E-state index contributed by atoms with van der Waals surface area (Å²) in [6.07, 6.45) is 0. The second-order valence-electron chi connectivity index (χ2n) is 4.57. The van der Waals surface area contributed by atoms with Crippen molar-refractivity contribution in [1.29, 1.82) is 0 Å². The molecule has 0 saturated carbocycles. The lowest BCUT2D eigenvalue weighted by atomic mass is 10.1. The molecule has 1 aromatic rings. The van der Waals surface area contributed by atoms with Gasteiger partial charge in [0.25, 0.3) is 5.69 Å². The molecule has 0 heterocycles. The number of nitrogen functional groups attached to an aromatic ring is 1. The number of carbonyl (C=O) groups is 1. The number of amides is 1. The van der Waals surface area contributed by atoms with Gasteiger partial charge in [-0.1, -0.05) is 0 Å². The number of benzene rings is 1. The molecular weight excluding hydrogens is 288 g/mol. The Labute approximate surface area is 115 Å². The number of nitrogens with zero attached hydrogens (tertiary/aromatic N) is 1. The van der Waals surface area contributed by atoms with Crippen LogP contribution >= 0.6 is 0 Å². The van der Waals surface area contributed by atoms with Gasteiger partial charge in [0.2, 0.25) is 15.9 Å². The average molecular weight is 302 g/mol. The highest BCUT2D eigenvalue weighted by Crippen LogP contribution is 2.24. The van der Waals surface area contributed by atoms with E-state index in [0.29, 0.717) is 0 Å². The molecule has 9 nitrogen and oxygen atoms in total. The standard InChI is InChI=1S/C10H14N4O5S/c1-10(2,9(12)15)13-20(18,19)6-3-4-8(14(16)17)7(11)5-6/h3-5,13H,11H2,1-2H3,(H2,12,15). The minimum absolute atomic E-state index is 0.296. The van der Waals surface area contributed by atoms with E-state index in [1.54, 1.807) is 0 Å². The third-order valence-corrected chi connectivity index (χ3v) is 4.17. The molecule has 0 aliphatic rings. The molecule has 0 aliphatic carbocycles. The molecule has 110 valence electrons. The number of hydrogen-bond acceptors (Lipinski definition) is 6. The van der Waals surface area contributed by atoms with Gasteiger partial charge in [0.15, 0.2) is 0 Å². The summed E-state index contributed by atoms with van der Waals surface area (Å²) in [5.74, 6) is -0.865. The van der Waals surface area contributed by atoms with E-state index in [2.05, 4.69) is 4.72 Å². The minimum atomic E-state index is -4.08. The van der Waals surface area contributed by atoms with Gasteiger partial charge < -0.3 is 11.5 Å². The highest BCUT2D eigenvalue weighted by Gasteiger charge is 2.31. The van der Waals surface area contributed by atoms with Crippen molar-refractivity contribution in [3.05, 3.63) is 28.3 Å². The van der Waals surface area contributed by atoms with Crippen LogP contribution in [0.5, 0.6) is 0 Å². The normalized spacial score (nSPS) is 12.1. The Morgan fingerprint density at radius 2 is 1.95 bits per heavy atom. The molecule has 1 amide bonds. The van der Waals surface area contributed by atoms with Crippen LogP contribution in [0.1, 0.15) is 13.8 Å². The highest BCUT2D eigenvalue weighted by molar-refractivity contribution is 7.89. The number of carbonyl (C=O) groups excluding carboxylic acids is 1. The lowest BCUT2D eigenvalue weighted by molar-refractivity contribution is -0.383. The zero-order chi connectivity index (χ0) is 15.7. The molecule has 0 unspecified atom stereocenters. The molecule has 1 rings (SSSR count). The van der Waals surface area contributed by atoms with Crippen LogP contribution in [0.25, 0.3) is 0 Å². The predicted octanol–water partition coefficient (Wildman–Crippen LogP) is -0.281. The van der Waals surface area contributed by atoms with Gasteiger partial charge in [-0.15, -0.1) is 0 Å². The Bertz CT molecular complexity index is 668. The number of anilines is 1. The number of nitrogens with two attached hydrogens (primary N) is 2. The first kappa shape index (κ1) is 15.9. The monoisotopic (exact) mass is 302 g/mol. The third kappa shape index (κ3) is 3.22. The van der Waals surface area contributed by atoms with E-state index in [-0.39, 0.29) is 10.6 Å². The highest BCUT2D eigenvalue weighted by atomic mass is 32.2. The molecule has 0 aliphatic heterocycles. The Hall–Kier alpha value is -2.20. The van der Waals surface area contributed by atoms with E-state index in [4.69, 9.17) is 11.5 Å². The van der Waals surface area contributed by atoms with Gasteiger partial charge in [0.05, 0.1) is 9.82 Å². The van der Waals surface area contributed by atoms with Gasteiger partial charge in [0, 0.05) is 6.07 Å². The van der Waals surface area contributed by atoms with E-state index in [9.17, 15) is 23.3 Å². The first-order valence-corrected chi connectivity index (χ1v) is 6.83. The second-order valence-corrected chi connectivity index (χ2v) is 6.25. The minimum Gasteiger partial charge on any atom is -0.393 e. The van der Waals surface area contributed by atoms with Gasteiger partial charge >= 0.3 is 0 Å². The van der Waals surface area contributed by atoms with Crippen molar-refractivity contribution in [2.24, 2.45) is 5.73 Å². The van der Waals surface area contributed by atoms with E-state index < -0.39 is 32.1 Å². The quantitative estimate of drug-likeness (QED) is 0.385. The van der Waals surface area contributed by atoms with Crippen molar-refractivity contribution >= 4 is 27.3 Å². The van der Waals surface area contributed by atoms with Gasteiger partial charge in [-0.3, -0.25) is 14.9 Å². The number of primary amides is 1. The molecule has 0 radical (unpaired) electrons. The maximum atomic E-state index is 12.0. The van der Waals surface area contributed by atoms with Crippen LogP contribution in [-0.2, 0) is 14.8 Å². The summed E-state index contributed by atoms with van der Waals surface area (Å²) in [5, 5.41) is 10.6.